The molecule has 0 atom stereocenters. The molecule has 3 aromatic rings. The lowest BCUT2D eigenvalue weighted by atomic mass is 10.1. The number of benzene rings is 2. The lowest BCUT2D eigenvalue weighted by molar-refractivity contribution is 0.0942. The van der Waals surface area contributed by atoms with Crippen molar-refractivity contribution in [1.29, 1.82) is 0 Å². The van der Waals surface area contributed by atoms with Crippen molar-refractivity contribution < 1.29 is 4.79 Å². The minimum atomic E-state index is -0.0312. The summed E-state index contributed by atoms with van der Waals surface area (Å²) in [7, 11) is 0. The number of aromatic nitrogens is 2. The number of hydrogen-bond donors (Lipinski definition) is 3. The highest BCUT2D eigenvalue weighted by atomic mass is 16.1. The molecular formula is C19H22N4O. The van der Waals surface area contributed by atoms with Crippen molar-refractivity contribution in [3.63, 3.8) is 0 Å². The van der Waals surface area contributed by atoms with Crippen molar-refractivity contribution >= 4 is 22.5 Å². The highest BCUT2D eigenvalue weighted by Crippen LogP contribution is 2.19. The number of carbonyl (C=O) groups excluding carboxylic acids is 1. The average molecular weight is 322 g/mol. The Morgan fingerprint density at radius 1 is 1.25 bits per heavy atom. The fourth-order valence-electron chi connectivity index (χ4n) is 2.74. The highest BCUT2D eigenvalue weighted by Gasteiger charge is 2.10. The van der Waals surface area contributed by atoms with E-state index in [4.69, 9.17) is 0 Å². The summed E-state index contributed by atoms with van der Waals surface area (Å²) >= 11 is 0. The van der Waals surface area contributed by atoms with Crippen LogP contribution in [0.15, 0.2) is 42.6 Å². The minimum absolute atomic E-state index is 0.0312. The Hall–Kier alpha value is -2.82. The van der Waals surface area contributed by atoms with Crippen LogP contribution in [0.1, 0.15) is 35.3 Å². The average Bonchev–Trinajstić information content (AvgIpc) is 3.01. The zero-order valence-corrected chi connectivity index (χ0v) is 14.2. The number of amides is 1. The van der Waals surface area contributed by atoms with Gasteiger partial charge in [-0.05, 0) is 50.1 Å². The van der Waals surface area contributed by atoms with E-state index in [1.54, 1.807) is 0 Å². The molecule has 0 unspecified atom stereocenters. The molecule has 0 aliphatic carbocycles. The fourth-order valence-corrected chi connectivity index (χ4v) is 2.74. The normalized spacial score (nSPS) is 11.0. The predicted octanol–water partition coefficient (Wildman–Crippen LogP) is 3.62. The molecule has 0 fully saturated rings. The van der Waals surface area contributed by atoms with Crippen molar-refractivity contribution in [3.8, 4) is 0 Å². The van der Waals surface area contributed by atoms with Gasteiger partial charge in [-0.3, -0.25) is 9.89 Å². The molecule has 0 bridgehead atoms. The van der Waals surface area contributed by atoms with Crippen molar-refractivity contribution in [2.75, 3.05) is 5.32 Å². The molecule has 3 rings (SSSR count). The number of hydrogen-bond acceptors (Lipinski definition) is 3. The summed E-state index contributed by atoms with van der Waals surface area (Å²) in [5.74, 6) is -0.0312. The number of para-hydroxylation sites is 1. The molecule has 1 heterocycles. The standard InChI is InChI=1S/C19H22N4O/c1-12(2)22-19(24)17-8-7-16(9-13(17)3)20-10-14-5-4-6-15-11-21-23-18(14)15/h4-9,11-12,20H,10H2,1-3H3,(H,21,23)(H,22,24). The summed E-state index contributed by atoms with van der Waals surface area (Å²) < 4.78 is 0. The van der Waals surface area contributed by atoms with Crippen molar-refractivity contribution in [2.45, 2.75) is 33.4 Å². The van der Waals surface area contributed by atoms with Gasteiger partial charge in [-0.25, -0.2) is 0 Å². The molecule has 3 N–H and O–H groups in total. The number of rotatable bonds is 5. The molecule has 5 heteroatoms. The first-order valence-corrected chi connectivity index (χ1v) is 8.11. The Labute approximate surface area is 141 Å². The molecule has 0 spiro atoms. The van der Waals surface area contributed by atoms with E-state index in [0.717, 1.165) is 27.7 Å². The largest absolute Gasteiger partial charge is 0.381 e. The van der Waals surface area contributed by atoms with Crippen LogP contribution < -0.4 is 10.6 Å². The van der Waals surface area contributed by atoms with Gasteiger partial charge >= 0.3 is 0 Å². The lowest BCUT2D eigenvalue weighted by Crippen LogP contribution is -2.30. The van der Waals surface area contributed by atoms with Gasteiger partial charge in [-0.1, -0.05) is 18.2 Å². The number of aromatic amines is 1. The maximum absolute atomic E-state index is 12.1. The van der Waals surface area contributed by atoms with Crippen LogP contribution in [0.5, 0.6) is 0 Å². The van der Waals surface area contributed by atoms with Crippen molar-refractivity contribution in [1.82, 2.24) is 15.5 Å². The van der Waals surface area contributed by atoms with Crippen LogP contribution >= 0.6 is 0 Å². The highest BCUT2D eigenvalue weighted by molar-refractivity contribution is 5.96. The summed E-state index contributed by atoms with van der Waals surface area (Å²) in [6, 6.07) is 12.1. The van der Waals surface area contributed by atoms with E-state index in [9.17, 15) is 4.79 Å². The molecule has 0 saturated heterocycles. The molecule has 24 heavy (non-hydrogen) atoms. The smallest absolute Gasteiger partial charge is 0.251 e. The molecule has 5 nitrogen and oxygen atoms in total. The summed E-state index contributed by atoms with van der Waals surface area (Å²) in [4.78, 5) is 12.1. The second-order valence-corrected chi connectivity index (χ2v) is 6.26. The van der Waals surface area contributed by atoms with Crippen LogP contribution in [-0.2, 0) is 6.54 Å². The third-order valence-corrected chi connectivity index (χ3v) is 3.94. The fraction of sp³-hybridized carbons (Fsp3) is 0.263. The Kier molecular flexibility index (Phi) is 4.51. The first kappa shape index (κ1) is 16.1. The van der Waals surface area contributed by atoms with Gasteiger partial charge in [0.25, 0.3) is 5.91 Å². The number of aryl methyl sites for hydroxylation is 1. The second-order valence-electron chi connectivity index (χ2n) is 6.26. The Morgan fingerprint density at radius 3 is 2.83 bits per heavy atom. The van der Waals surface area contributed by atoms with Crippen molar-refractivity contribution in [2.24, 2.45) is 0 Å². The Bertz CT molecular complexity index is 867. The molecule has 0 saturated carbocycles. The second kappa shape index (κ2) is 6.74. The summed E-state index contributed by atoms with van der Waals surface area (Å²) in [5, 5.41) is 14.6. The number of nitrogens with zero attached hydrogens (tertiary/aromatic N) is 1. The number of H-pyrrole nitrogens is 1. The topological polar surface area (TPSA) is 69.8 Å². The van der Waals surface area contributed by atoms with E-state index in [1.807, 2.05) is 57.3 Å². The maximum atomic E-state index is 12.1. The van der Waals surface area contributed by atoms with Crippen LogP contribution in [0.25, 0.3) is 10.9 Å². The van der Waals surface area contributed by atoms with Gasteiger partial charge in [0, 0.05) is 29.2 Å². The van der Waals surface area contributed by atoms with E-state index in [0.29, 0.717) is 12.1 Å². The zero-order valence-electron chi connectivity index (χ0n) is 14.2. The van der Waals surface area contributed by atoms with Gasteiger partial charge < -0.3 is 10.6 Å². The Morgan fingerprint density at radius 2 is 2.08 bits per heavy atom. The Balaban J connectivity index is 1.73. The van der Waals surface area contributed by atoms with Crippen LogP contribution in [0.3, 0.4) is 0 Å². The number of nitrogens with one attached hydrogen (secondary N) is 3. The quantitative estimate of drug-likeness (QED) is 0.672. The van der Waals surface area contributed by atoms with Gasteiger partial charge in [0.05, 0.1) is 11.7 Å². The number of carbonyl (C=O) groups is 1. The van der Waals surface area contributed by atoms with Gasteiger partial charge in [0.15, 0.2) is 0 Å². The molecule has 124 valence electrons. The van der Waals surface area contributed by atoms with E-state index < -0.39 is 0 Å². The maximum Gasteiger partial charge on any atom is 0.251 e. The first-order valence-electron chi connectivity index (χ1n) is 8.11. The summed E-state index contributed by atoms with van der Waals surface area (Å²) in [6.45, 7) is 6.56. The van der Waals surface area contributed by atoms with Gasteiger partial charge in [-0.2, -0.15) is 5.10 Å². The monoisotopic (exact) mass is 322 g/mol. The molecule has 1 aromatic heterocycles. The van der Waals surface area contributed by atoms with Gasteiger partial charge in [0.1, 0.15) is 0 Å². The van der Waals surface area contributed by atoms with Gasteiger partial charge in [0.2, 0.25) is 0 Å². The third-order valence-electron chi connectivity index (χ3n) is 3.94. The van der Waals surface area contributed by atoms with E-state index in [1.165, 1.54) is 0 Å². The molecule has 1 amide bonds. The number of fused-ring (bicyclic) bond motifs is 1. The minimum Gasteiger partial charge on any atom is -0.381 e. The zero-order chi connectivity index (χ0) is 17.1. The van der Waals surface area contributed by atoms with E-state index in [2.05, 4.69) is 26.9 Å². The molecule has 0 aliphatic rings. The van der Waals surface area contributed by atoms with Crippen LogP contribution in [0, 0.1) is 6.92 Å². The van der Waals surface area contributed by atoms with Crippen LogP contribution in [0.2, 0.25) is 0 Å². The third kappa shape index (κ3) is 3.40. The summed E-state index contributed by atoms with van der Waals surface area (Å²) in [5.41, 5.74) is 4.87. The molecule has 2 aromatic carbocycles. The van der Waals surface area contributed by atoms with E-state index >= 15 is 0 Å². The molecular weight excluding hydrogens is 300 g/mol. The predicted molar refractivity (Wildman–Crippen MR) is 97.2 cm³/mol. The van der Waals surface area contributed by atoms with Crippen LogP contribution in [0.4, 0.5) is 5.69 Å². The van der Waals surface area contributed by atoms with Crippen LogP contribution in [-0.4, -0.2) is 22.1 Å². The summed E-state index contributed by atoms with van der Waals surface area (Å²) in [6.07, 6.45) is 1.82. The van der Waals surface area contributed by atoms with Crippen molar-refractivity contribution in [3.05, 3.63) is 59.3 Å². The molecule has 0 radical (unpaired) electrons. The SMILES string of the molecule is Cc1cc(NCc2cccc3cn[nH]c23)ccc1C(=O)NC(C)C. The van der Waals surface area contributed by atoms with Gasteiger partial charge in [-0.15, -0.1) is 0 Å². The van der Waals surface area contributed by atoms with E-state index in [-0.39, 0.29) is 11.9 Å². The molecule has 0 aliphatic heterocycles. The lowest BCUT2D eigenvalue weighted by Gasteiger charge is -2.13. The number of anilines is 1. The first-order chi connectivity index (χ1) is 11.5.